The predicted molar refractivity (Wildman–Crippen MR) is 60.6 cm³/mol. The van der Waals surface area contributed by atoms with Crippen LogP contribution in [0.5, 0.6) is 0 Å². The van der Waals surface area contributed by atoms with Crippen molar-refractivity contribution in [2.45, 2.75) is 13.3 Å². The van der Waals surface area contributed by atoms with E-state index in [-0.39, 0.29) is 23.9 Å². The summed E-state index contributed by atoms with van der Waals surface area (Å²) in [4.78, 5) is 12.0. The first-order valence-electron chi connectivity index (χ1n) is 5.65. The van der Waals surface area contributed by atoms with Crippen molar-refractivity contribution in [2.75, 3.05) is 13.1 Å². The summed E-state index contributed by atoms with van der Waals surface area (Å²) >= 11 is 0. The first kappa shape index (κ1) is 11.3. The topological polar surface area (TPSA) is 29.1 Å². The van der Waals surface area contributed by atoms with E-state index in [0.717, 1.165) is 13.1 Å². The molecule has 2 rings (SSSR count). The minimum atomic E-state index is -0.283. The molecule has 0 radical (unpaired) electrons. The molecular formula is C13H16FNO. The number of carbonyl (C=O) groups excluding carboxylic acids is 1. The Morgan fingerprint density at radius 2 is 2.19 bits per heavy atom. The average Bonchev–Trinajstić information content (AvgIpc) is 2.68. The first-order valence-corrected chi connectivity index (χ1v) is 5.65. The molecule has 0 aromatic heterocycles. The number of hydrogen-bond acceptors (Lipinski definition) is 2. The lowest BCUT2D eigenvalue weighted by molar-refractivity contribution is -0.122. The SMILES string of the molecule is CC1CNCC1C(=O)Cc1ccccc1F. The van der Waals surface area contributed by atoms with Gasteiger partial charge in [0.2, 0.25) is 0 Å². The summed E-state index contributed by atoms with van der Waals surface area (Å²) in [6, 6.07) is 6.49. The molecule has 1 aromatic carbocycles. The molecule has 2 atom stereocenters. The highest BCUT2D eigenvalue weighted by Gasteiger charge is 2.29. The van der Waals surface area contributed by atoms with Gasteiger partial charge in [-0.15, -0.1) is 0 Å². The van der Waals surface area contributed by atoms with E-state index in [2.05, 4.69) is 12.2 Å². The summed E-state index contributed by atoms with van der Waals surface area (Å²) in [6.07, 6.45) is 0.212. The van der Waals surface area contributed by atoms with Gasteiger partial charge in [-0.05, 0) is 24.1 Å². The van der Waals surface area contributed by atoms with Crippen LogP contribution in [-0.2, 0) is 11.2 Å². The van der Waals surface area contributed by atoms with Gasteiger partial charge in [-0.1, -0.05) is 25.1 Å². The number of carbonyl (C=O) groups is 1. The minimum Gasteiger partial charge on any atom is -0.316 e. The zero-order valence-electron chi connectivity index (χ0n) is 9.37. The Bertz CT molecular complexity index is 391. The second-order valence-electron chi connectivity index (χ2n) is 4.48. The van der Waals surface area contributed by atoms with Gasteiger partial charge < -0.3 is 5.32 Å². The highest BCUT2D eigenvalue weighted by atomic mass is 19.1. The van der Waals surface area contributed by atoms with Crippen LogP contribution < -0.4 is 5.32 Å². The molecule has 1 N–H and O–H groups in total. The molecule has 16 heavy (non-hydrogen) atoms. The van der Waals surface area contributed by atoms with Crippen LogP contribution in [0.3, 0.4) is 0 Å². The van der Waals surface area contributed by atoms with Crippen molar-refractivity contribution in [2.24, 2.45) is 11.8 Å². The van der Waals surface area contributed by atoms with E-state index in [0.29, 0.717) is 11.5 Å². The molecule has 0 bridgehead atoms. The van der Waals surface area contributed by atoms with Gasteiger partial charge in [0.15, 0.2) is 0 Å². The molecule has 1 aliphatic rings. The summed E-state index contributed by atoms with van der Waals surface area (Å²) in [7, 11) is 0. The molecule has 1 aromatic rings. The number of hydrogen-bond donors (Lipinski definition) is 1. The van der Waals surface area contributed by atoms with Crippen molar-refractivity contribution in [1.82, 2.24) is 5.32 Å². The second-order valence-corrected chi connectivity index (χ2v) is 4.48. The smallest absolute Gasteiger partial charge is 0.142 e. The summed E-state index contributed by atoms with van der Waals surface area (Å²) in [5.74, 6) is 0.260. The number of halogens is 1. The Hall–Kier alpha value is -1.22. The summed E-state index contributed by atoms with van der Waals surface area (Å²) in [5, 5.41) is 3.19. The predicted octanol–water partition coefficient (Wildman–Crippen LogP) is 1.79. The largest absolute Gasteiger partial charge is 0.316 e. The standard InChI is InChI=1S/C13H16FNO/c1-9-7-15-8-11(9)13(16)6-10-4-2-3-5-12(10)14/h2-5,9,11,15H,6-8H2,1H3. The molecule has 86 valence electrons. The third-order valence-electron chi connectivity index (χ3n) is 3.25. The molecule has 1 fully saturated rings. The van der Waals surface area contributed by atoms with Crippen LogP contribution in [-0.4, -0.2) is 18.9 Å². The third-order valence-corrected chi connectivity index (χ3v) is 3.25. The highest BCUT2D eigenvalue weighted by molar-refractivity contribution is 5.84. The zero-order chi connectivity index (χ0) is 11.5. The fourth-order valence-corrected chi connectivity index (χ4v) is 2.20. The van der Waals surface area contributed by atoms with Crippen molar-refractivity contribution in [3.8, 4) is 0 Å². The van der Waals surface area contributed by atoms with E-state index in [4.69, 9.17) is 0 Å². The van der Waals surface area contributed by atoms with Gasteiger partial charge in [0, 0.05) is 18.9 Å². The quantitative estimate of drug-likeness (QED) is 0.843. The maximum Gasteiger partial charge on any atom is 0.142 e. The van der Waals surface area contributed by atoms with Gasteiger partial charge in [-0.2, -0.15) is 0 Å². The molecule has 2 nitrogen and oxygen atoms in total. The van der Waals surface area contributed by atoms with Crippen molar-refractivity contribution in [1.29, 1.82) is 0 Å². The lowest BCUT2D eigenvalue weighted by Gasteiger charge is -2.12. The van der Waals surface area contributed by atoms with E-state index >= 15 is 0 Å². The van der Waals surface area contributed by atoms with E-state index in [1.807, 2.05) is 0 Å². The van der Waals surface area contributed by atoms with E-state index in [1.165, 1.54) is 6.07 Å². The summed E-state index contributed by atoms with van der Waals surface area (Å²) in [5.41, 5.74) is 0.506. The molecule has 2 unspecified atom stereocenters. The van der Waals surface area contributed by atoms with E-state index < -0.39 is 0 Å². The fourth-order valence-electron chi connectivity index (χ4n) is 2.20. The Morgan fingerprint density at radius 1 is 1.44 bits per heavy atom. The van der Waals surface area contributed by atoms with Gasteiger partial charge in [0.05, 0.1) is 0 Å². The Kier molecular flexibility index (Phi) is 3.34. The number of benzene rings is 1. The van der Waals surface area contributed by atoms with Crippen molar-refractivity contribution < 1.29 is 9.18 Å². The van der Waals surface area contributed by atoms with Gasteiger partial charge in [-0.3, -0.25) is 4.79 Å². The molecular weight excluding hydrogens is 205 g/mol. The number of Topliss-reactive ketones (excluding diaryl/α,β-unsaturated/α-hetero) is 1. The monoisotopic (exact) mass is 221 g/mol. The number of rotatable bonds is 3. The lowest BCUT2D eigenvalue weighted by atomic mass is 9.90. The van der Waals surface area contributed by atoms with Crippen LogP contribution >= 0.6 is 0 Å². The first-order chi connectivity index (χ1) is 7.68. The molecule has 0 spiro atoms. The Labute approximate surface area is 94.9 Å². The van der Waals surface area contributed by atoms with Crippen molar-refractivity contribution >= 4 is 5.78 Å². The van der Waals surface area contributed by atoms with Crippen LogP contribution in [0.15, 0.2) is 24.3 Å². The van der Waals surface area contributed by atoms with Crippen LogP contribution in [0.2, 0.25) is 0 Å². The van der Waals surface area contributed by atoms with Crippen LogP contribution in [0.1, 0.15) is 12.5 Å². The van der Waals surface area contributed by atoms with Gasteiger partial charge >= 0.3 is 0 Å². The third kappa shape index (κ3) is 2.30. The Morgan fingerprint density at radius 3 is 2.81 bits per heavy atom. The molecule has 0 amide bonds. The van der Waals surface area contributed by atoms with Gasteiger partial charge in [0.1, 0.15) is 11.6 Å². The van der Waals surface area contributed by atoms with Crippen LogP contribution in [0.4, 0.5) is 4.39 Å². The van der Waals surface area contributed by atoms with Crippen LogP contribution in [0, 0.1) is 17.7 Å². The van der Waals surface area contributed by atoms with Crippen molar-refractivity contribution in [3.63, 3.8) is 0 Å². The number of ketones is 1. The lowest BCUT2D eigenvalue weighted by Crippen LogP contribution is -2.23. The number of nitrogens with one attached hydrogen (secondary N) is 1. The minimum absolute atomic E-state index is 0.0413. The normalized spacial score (nSPS) is 24.6. The maximum absolute atomic E-state index is 13.4. The maximum atomic E-state index is 13.4. The summed E-state index contributed by atoms with van der Waals surface area (Å²) in [6.45, 7) is 3.67. The average molecular weight is 221 g/mol. The molecule has 3 heteroatoms. The van der Waals surface area contributed by atoms with E-state index in [9.17, 15) is 9.18 Å². The molecule has 1 heterocycles. The highest BCUT2D eigenvalue weighted by Crippen LogP contribution is 2.19. The van der Waals surface area contributed by atoms with Gasteiger partial charge in [0.25, 0.3) is 0 Å². The zero-order valence-corrected chi connectivity index (χ0v) is 9.37. The second kappa shape index (κ2) is 4.74. The van der Waals surface area contributed by atoms with Crippen LogP contribution in [0.25, 0.3) is 0 Å². The Balaban J connectivity index is 2.05. The molecule has 0 saturated carbocycles. The molecule has 0 aliphatic carbocycles. The van der Waals surface area contributed by atoms with E-state index in [1.54, 1.807) is 18.2 Å². The van der Waals surface area contributed by atoms with Gasteiger partial charge in [-0.25, -0.2) is 4.39 Å². The molecule has 1 aliphatic heterocycles. The van der Waals surface area contributed by atoms with Crippen molar-refractivity contribution in [3.05, 3.63) is 35.6 Å². The molecule has 1 saturated heterocycles. The fraction of sp³-hybridized carbons (Fsp3) is 0.462. The summed E-state index contributed by atoms with van der Waals surface area (Å²) < 4.78 is 13.4.